The van der Waals surface area contributed by atoms with Gasteiger partial charge in [-0.25, -0.2) is 9.97 Å². The van der Waals surface area contributed by atoms with Crippen molar-refractivity contribution < 1.29 is 4.79 Å². The summed E-state index contributed by atoms with van der Waals surface area (Å²) in [5.74, 6) is 0.596. The molecule has 0 saturated carbocycles. The van der Waals surface area contributed by atoms with Crippen molar-refractivity contribution in [2.45, 2.75) is 6.92 Å². The number of fused-ring (bicyclic) bond motifs is 1. The van der Waals surface area contributed by atoms with Crippen LogP contribution < -0.4 is 0 Å². The van der Waals surface area contributed by atoms with Crippen LogP contribution in [0.25, 0.3) is 22.2 Å². The fourth-order valence-electron chi connectivity index (χ4n) is 2.19. The Morgan fingerprint density at radius 3 is 2.63 bits per heavy atom. The maximum Gasteiger partial charge on any atom is 0.168 e. The quantitative estimate of drug-likeness (QED) is 0.653. The van der Waals surface area contributed by atoms with Crippen LogP contribution in [0.2, 0.25) is 0 Å². The number of aromatic nitrogens is 2. The summed E-state index contributed by atoms with van der Waals surface area (Å²) in [5.41, 5.74) is 2.15. The summed E-state index contributed by atoms with van der Waals surface area (Å²) in [4.78, 5) is 19.6. The zero-order valence-corrected chi connectivity index (χ0v) is 10.5. The molecule has 0 radical (unpaired) electrons. The number of carbonyl (C=O) groups excluding carboxylic acids is 1. The van der Waals surface area contributed by atoms with Crippen LogP contribution in [0.4, 0.5) is 0 Å². The zero-order chi connectivity index (χ0) is 13.2. The normalized spacial score (nSPS) is 10.6. The van der Waals surface area contributed by atoms with E-state index in [0.717, 1.165) is 28.3 Å². The Hall–Kier alpha value is -2.55. The van der Waals surface area contributed by atoms with Gasteiger partial charge < -0.3 is 0 Å². The van der Waals surface area contributed by atoms with Crippen molar-refractivity contribution in [1.29, 1.82) is 0 Å². The molecule has 92 valence electrons. The Bertz CT molecular complexity index is 760. The smallest absolute Gasteiger partial charge is 0.168 e. The summed E-state index contributed by atoms with van der Waals surface area (Å²) in [5, 5.41) is 2.23. The van der Waals surface area contributed by atoms with E-state index < -0.39 is 0 Å². The van der Waals surface area contributed by atoms with E-state index in [4.69, 9.17) is 0 Å². The molecular weight excluding hydrogens is 236 g/mol. The molecule has 3 nitrogen and oxygen atoms in total. The number of aryl methyl sites for hydroxylation is 1. The minimum absolute atomic E-state index is 0.412. The van der Waals surface area contributed by atoms with Crippen LogP contribution >= 0.6 is 0 Å². The first kappa shape index (κ1) is 11.5. The molecule has 3 rings (SSSR count). The van der Waals surface area contributed by atoms with Crippen LogP contribution in [0, 0.1) is 6.92 Å². The van der Waals surface area contributed by atoms with E-state index in [9.17, 15) is 4.79 Å². The molecule has 3 heteroatoms. The van der Waals surface area contributed by atoms with E-state index in [0.29, 0.717) is 11.5 Å². The second kappa shape index (κ2) is 4.61. The van der Waals surface area contributed by atoms with Crippen molar-refractivity contribution in [3.8, 4) is 11.4 Å². The van der Waals surface area contributed by atoms with Gasteiger partial charge in [-0.1, -0.05) is 42.5 Å². The highest BCUT2D eigenvalue weighted by molar-refractivity contribution is 5.95. The molecule has 0 amide bonds. The Balaban J connectivity index is 2.30. The maximum absolute atomic E-state index is 10.9. The lowest BCUT2D eigenvalue weighted by Crippen LogP contribution is -1.97. The molecule has 19 heavy (non-hydrogen) atoms. The highest BCUT2D eigenvalue weighted by Crippen LogP contribution is 2.26. The van der Waals surface area contributed by atoms with Gasteiger partial charge in [0.25, 0.3) is 0 Å². The van der Waals surface area contributed by atoms with Crippen molar-refractivity contribution in [3.05, 3.63) is 59.9 Å². The predicted octanol–water partition coefficient (Wildman–Crippen LogP) is 3.42. The molecular formula is C16H12N2O. The number of hydrogen-bond donors (Lipinski definition) is 0. The summed E-state index contributed by atoms with van der Waals surface area (Å²) in [6.07, 6.45) is 0.753. The van der Waals surface area contributed by atoms with Crippen LogP contribution in [0.1, 0.15) is 16.2 Å². The summed E-state index contributed by atoms with van der Waals surface area (Å²) < 4.78 is 0. The molecule has 0 spiro atoms. The van der Waals surface area contributed by atoms with Crippen molar-refractivity contribution in [2.75, 3.05) is 0 Å². The van der Waals surface area contributed by atoms with E-state index in [1.165, 1.54) is 0 Å². The fraction of sp³-hybridized carbons (Fsp3) is 0.0625. The van der Waals surface area contributed by atoms with Gasteiger partial charge in [0, 0.05) is 11.3 Å². The fourth-order valence-corrected chi connectivity index (χ4v) is 2.19. The number of hydrogen-bond acceptors (Lipinski definition) is 3. The Kier molecular flexibility index (Phi) is 2.80. The van der Waals surface area contributed by atoms with Gasteiger partial charge in [0.1, 0.15) is 5.69 Å². The van der Waals surface area contributed by atoms with Crippen LogP contribution in [0.15, 0.2) is 48.5 Å². The number of carbonyl (C=O) groups is 1. The van der Waals surface area contributed by atoms with Crippen molar-refractivity contribution in [3.63, 3.8) is 0 Å². The third-order valence-electron chi connectivity index (χ3n) is 3.03. The minimum atomic E-state index is 0.412. The molecule has 0 aliphatic carbocycles. The van der Waals surface area contributed by atoms with Gasteiger partial charge >= 0.3 is 0 Å². The number of aldehydes is 1. The van der Waals surface area contributed by atoms with E-state index in [2.05, 4.69) is 22.1 Å². The molecule has 1 heterocycles. The van der Waals surface area contributed by atoms with Gasteiger partial charge in [-0.3, -0.25) is 4.79 Å². The van der Waals surface area contributed by atoms with Crippen molar-refractivity contribution >= 4 is 17.1 Å². The molecule has 0 atom stereocenters. The monoisotopic (exact) mass is 248 g/mol. The van der Waals surface area contributed by atoms with Crippen molar-refractivity contribution in [2.24, 2.45) is 0 Å². The molecule has 0 aliphatic heterocycles. The molecule has 0 aliphatic rings. The summed E-state index contributed by atoms with van der Waals surface area (Å²) >= 11 is 0. The van der Waals surface area contributed by atoms with E-state index >= 15 is 0 Å². The van der Waals surface area contributed by atoms with Crippen LogP contribution in [0.3, 0.4) is 0 Å². The number of benzene rings is 2. The van der Waals surface area contributed by atoms with E-state index in [-0.39, 0.29) is 0 Å². The largest absolute Gasteiger partial charge is 0.296 e. The first-order valence-corrected chi connectivity index (χ1v) is 6.07. The van der Waals surface area contributed by atoms with Crippen molar-refractivity contribution in [1.82, 2.24) is 9.97 Å². The van der Waals surface area contributed by atoms with Gasteiger partial charge in [-0.05, 0) is 23.8 Å². The van der Waals surface area contributed by atoms with Gasteiger partial charge in [0.15, 0.2) is 12.1 Å². The lowest BCUT2D eigenvalue weighted by Gasteiger charge is -2.06. The molecule has 0 bridgehead atoms. The Morgan fingerprint density at radius 2 is 1.79 bits per heavy atom. The number of nitrogens with zero attached hydrogens (tertiary/aromatic N) is 2. The van der Waals surface area contributed by atoms with E-state index in [1.807, 2.05) is 37.3 Å². The molecule has 3 aromatic rings. The second-order valence-corrected chi connectivity index (χ2v) is 4.40. The van der Waals surface area contributed by atoms with Gasteiger partial charge in [-0.2, -0.15) is 0 Å². The number of rotatable bonds is 2. The van der Waals surface area contributed by atoms with Gasteiger partial charge in [-0.15, -0.1) is 0 Å². The zero-order valence-electron chi connectivity index (χ0n) is 10.5. The highest BCUT2D eigenvalue weighted by atomic mass is 16.1. The highest BCUT2D eigenvalue weighted by Gasteiger charge is 2.08. The molecule has 2 aromatic carbocycles. The summed E-state index contributed by atoms with van der Waals surface area (Å²) in [6.45, 7) is 1.86. The Labute approximate surface area is 111 Å². The summed E-state index contributed by atoms with van der Waals surface area (Å²) in [7, 11) is 0. The minimum Gasteiger partial charge on any atom is -0.296 e. The average Bonchev–Trinajstić information content (AvgIpc) is 2.46. The molecule has 0 fully saturated rings. The van der Waals surface area contributed by atoms with Crippen LogP contribution in [-0.4, -0.2) is 16.3 Å². The Morgan fingerprint density at radius 1 is 1.00 bits per heavy atom. The van der Waals surface area contributed by atoms with Gasteiger partial charge in [0.05, 0.1) is 0 Å². The molecule has 0 saturated heterocycles. The summed E-state index contributed by atoms with van der Waals surface area (Å²) in [6, 6.07) is 15.8. The maximum atomic E-state index is 10.9. The first-order valence-electron chi connectivity index (χ1n) is 6.07. The molecule has 1 aromatic heterocycles. The van der Waals surface area contributed by atoms with E-state index in [1.54, 1.807) is 6.07 Å². The van der Waals surface area contributed by atoms with Gasteiger partial charge in [0.2, 0.25) is 0 Å². The topological polar surface area (TPSA) is 42.9 Å². The molecule has 0 N–H and O–H groups in total. The SMILES string of the molecule is Cc1cc(C=O)nc(-c2cccc3ccccc23)n1. The lowest BCUT2D eigenvalue weighted by molar-refractivity contribution is 0.111. The van der Waals surface area contributed by atoms with Crippen LogP contribution in [-0.2, 0) is 0 Å². The molecule has 0 unspecified atom stereocenters. The average molecular weight is 248 g/mol. The predicted molar refractivity (Wildman–Crippen MR) is 75.1 cm³/mol. The van der Waals surface area contributed by atoms with Crippen LogP contribution in [0.5, 0.6) is 0 Å². The second-order valence-electron chi connectivity index (χ2n) is 4.40. The first-order chi connectivity index (χ1) is 9.28. The third-order valence-corrected chi connectivity index (χ3v) is 3.03. The lowest BCUT2D eigenvalue weighted by atomic mass is 10.0. The standard InChI is InChI=1S/C16H12N2O/c1-11-9-13(10-19)18-16(17-11)15-8-4-6-12-5-2-3-7-14(12)15/h2-10H,1H3. The third kappa shape index (κ3) is 2.10.